The van der Waals surface area contributed by atoms with Crippen LogP contribution in [0.25, 0.3) is 10.4 Å². The van der Waals surface area contributed by atoms with Crippen molar-refractivity contribution in [3.8, 4) is 0 Å². The van der Waals surface area contributed by atoms with Gasteiger partial charge in [-0.05, 0) is 36.2 Å². The Hall–Kier alpha value is -3.11. The van der Waals surface area contributed by atoms with Gasteiger partial charge in [0, 0.05) is 16.2 Å². The molecule has 1 heterocycles. The number of ketones is 1. The summed E-state index contributed by atoms with van der Waals surface area (Å²) in [6, 6.07) is 15.9. The van der Waals surface area contributed by atoms with E-state index in [4.69, 9.17) is 5.53 Å². The second-order valence-corrected chi connectivity index (χ2v) is 5.23. The molecule has 0 N–H and O–H groups in total. The highest BCUT2D eigenvalue weighted by Crippen LogP contribution is 2.40. The average molecular weight is 306 g/mol. The fourth-order valence-corrected chi connectivity index (χ4v) is 2.86. The predicted molar refractivity (Wildman–Crippen MR) is 86.5 cm³/mol. The monoisotopic (exact) mass is 306 g/mol. The second-order valence-electron chi connectivity index (χ2n) is 5.23. The number of Topliss-reactive ketones (excluding diaryl/α,β-unsaturated/α-hetero) is 1. The summed E-state index contributed by atoms with van der Waals surface area (Å²) >= 11 is 0. The molecule has 0 bridgehead atoms. The minimum Gasteiger partial charge on any atom is -0.293 e. The van der Waals surface area contributed by atoms with Gasteiger partial charge in [-0.3, -0.25) is 14.5 Å². The third-order valence-corrected chi connectivity index (χ3v) is 4.06. The third-order valence-electron chi connectivity index (χ3n) is 4.06. The zero-order chi connectivity index (χ0) is 16.4. The van der Waals surface area contributed by atoms with Crippen LogP contribution >= 0.6 is 0 Å². The minimum atomic E-state index is -1.74. The first kappa shape index (κ1) is 14.8. The van der Waals surface area contributed by atoms with Crippen LogP contribution in [0, 0.1) is 0 Å². The zero-order valence-corrected chi connectivity index (χ0v) is 12.5. The summed E-state index contributed by atoms with van der Waals surface area (Å²) in [6.07, 6.45) is 0.104. The summed E-state index contributed by atoms with van der Waals surface area (Å²) in [5.74, 6) is -0.974. The number of anilines is 2. The minimum absolute atomic E-state index is 0.104. The molecular formula is C17H14N4O2. The van der Waals surface area contributed by atoms with Gasteiger partial charge in [0.2, 0.25) is 0 Å². The topological polar surface area (TPSA) is 86.1 Å². The number of rotatable bonds is 3. The lowest BCUT2D eigenvalue weighted by molar-refractivity contribution is -0.121. The molecule has 23 heavy (non-hydrogen) atoms. The molecule has 0 radical (unpaired) electrons. The van der Waals surface area contributed by atoms with Gasteiger partial charge in [-0.1, -0.05) is 42.4 Å². The van der Waals surface area contributed by atoms with Crippen molar-refractivity contribution in [1.82, 2.24) is 0 Å². The van der Waals surface area contributed by atoms with Gasteiger partial charge >= 0.3 is 0 Å². The zero-order valence-electron chi connectivity index (χ0n) is 12.5. The smallest absolute Gasteiger partial charge is 0.251 e. The number of carbonyl (C=O) groups excluding carboxylic acids is 2. The molecule has 2 aromatic rings. The molecule has 1 amide bonds. The summed E-state index contributed by atoms with van der Waals surface area (Å²) in [5.41, 5.74) is 8.67. The molecule has 6 heteroatoms. The van der Waals surface area contributed by atoms with E-state index < -0.39 is 17.2 Å². The molecule has 0 unspecified atom stereocenters. The number of hydrogen-bond donors (Lipinski definition) is 0. The lowest BCUT2D eigenvalue weighted by Gasteiger charge is -2.38. The van der Waals surface area contributed by atoms with E-state index in [1.165, 1.54) is 4.90 Å². The first-order valence-electron chi connectivity index (χ1n) is 7.25. The van der Waals surface area contributed by atoms with Gasteiger partial charge in [0.25, 0.3) is 5.91 Å². The second kappa shape index (κ2) is 5.59. The van der Waals surface area contributed by atoms with Crippen LogP contribution in [0.3, 0.4) is 0 Å². The number of amides is 1. The van der Waals surface area contributed by atoms with Crippen LogP contribution in [0.2, 0.25) is 0 Å². The maximum absolute atomic E-state index is 13.1. The van der Waals surface area contributed by atoms with Crippen molar-refractivity contribution in [1.29, 1.82) is 0 Å². The summed E-state index contributed by atoms with van der Waals surface area (Å²) in [5, 5.41) is 3.61. The fourth-order valence-electron chi connectivity index (χ4n) is 2.86. The molecular weight excluding hydrogens is 292 g/mol. The van der Waals surface area contributed by atoms with Crippen molar-refractivity contribution >= 4 is 23.1 Å². The van der Waals surface area contributed by atoms with Crippen molar-refractivity contribution < 1.29 is 9.59 Å². The molecule has 6 nitrogen and oxygen atoms in total. The molecule has 0 aliphatic carbocycles. The molecule has 0 fully saturated rings. The molecule has 114 valence electrons. The van der Waals surface area contributed by atoms with Gasteiger partial charge in [0.05, 0.1) is 5.69 Å². The van der Waals surface area contributed by atoms with E-state index in [0.29, 0.717) is 16.9 Å². The molecule has 0 aromatic heterocycles. The van der Waals surface area contributed by atoms with E-state index in [9.17, 15) is 9.59 Å². The number of benzene rings is 2. The van der Waals surface area contributed by atoms with Gasteiger partial charge in [-0.15, -0.1) is 0 Å². The van der Waals surface area contributed by atoms with E-state index in [0.717, 1.165) is 0 Å². The van der Waals surface area contributed by atoms with Crippen molar-refractivity contribution in [2.75, 3.05) is 4.90 Å². The van der Waals surface area contributed by atoms with Gasteiger partial charge < -0.3 is 0 Å². The molecule has 0 saturated heterocycles. The lowest BCUT2D eigenvalue weighted by Crippen LogP contribution is -2.55. The SMILES string of the molecule is CC[C@@]1(N=[N+]=[N-])C(=O)c2ccccc2N(c2ccccc2)C1=O. The highest BCUT2D eigenvalue weighted by Gasteiger charge is 2.51. The Morgan fingerprint density at radius 2 is 1.74 bits per heavy atom. The number of carbonyl (C=O) groups is 2. The molecule has 2 aromatic carbocycles. The van der Waals surface area contributed by atoms with E-state index >= 15 is 0 Å². The molecule has 0 spiro atoms. The van der Waals surface area contributed by atoms with E-state index in [2.05, 4.69) is 10.0 Å². The molecule has 1 aliphatic rings. The lowest BCUT2D eigenvalue weighted by atomic mass is 9.81. The van der Waals surface area contributed by atoms with E-state index in [1.54, 1.807) is 43.3 Å². The fraction of sp³-hybridized carbons (Fsp3) is 0.176. The van der Waals surface area contributed by atoms with Gasteiger partial charge in [-0.25, -0.2) is 0 Å². The molecule has 0 saturated carbocycles. The summed E-state index contributed by atoms with van der Waals surface area (Å²) in [4.78, 5) is 30.1. The average Bonchev–Trinajstić information content (AvgIpc) is 2.60. The summed E-state index contributed by atoms with van der Waals surface area (Å²) < 4.78 is 0. The maximum atomic E-state index is 13.1. The highest BCUT2D eigenvalue weighted by atomic mass is 16.2. The summed E-state index contributed by atoms with van der Waals surface area (Å²) in [7, 11) is 0. The van der Waals surface area contributed by atoms with Crippen LogP contribution < -0.4 is 4.90 Å². The Balaban J connectivity index is 2.31. The number of azide groups is 1. The number of fused-ring (bicyclic) bond motifs is 1. The summed E-state index contributed by atoms with van der Waals surface area (Å²) in [6.45, 7) is 1.67. The predicted octanol–water partition coefficient (Wildman–Crippen LogP) is 4.01. The number of para-hydroxylation sites is 2. The quantitative estimate of drug-likeness (QED) is 0.371. The van der Waals surface area contributed by atoms with Crippen molar-refractivity contribution in [2.24, 2.45) is 5.11 Å². The maximum Gasteiger partial charge on any atom is 0.251 e. The van der Waals surface area contributed by atoms with Crippen LogP contribution in [-0.2, 0) is 4.79 Å². The van der Waals surface area contributed by atoms with Gasteiger partial charge in [-0.2, -0.15) is 0 Å². The Bertz CT molecular complexity index is 827. The Kier molecular flexibility index (Phi) is 3.60. The highest BCUT2D eigenvalue weighted by molar-refractivity contribution is 6.30. The van der Waals surface area contributed by atoms with Crippen LogP contribution in [-0.4, -0.2) is 17.2 Å². The third kappa shape index (κ3) is 2.08. The normalized spacial score (nSPS) is 20.0. The van der Waals surface area contributed by atoms with Crippen LogP contribution in [0.5, 0.6) is 0 Å². The molecule has 1 aliphatic heterocycles. The van der Waals surface area contributed by atoms with Gasteiger partial charge in [0.15, 0.2) is 11.3 Å². The molecule has 3 rings (SSSR count). The number of nitrogens with zero attached hydrogens (tertiary/aromatic N) is 4. The van der Waals surface area contributed by atoms with Gasteiger partial charge in [0.1, 0.15) is 0 Å². The Morgan fingerprint density at radius 3 is 2.39 bits per heavy atom. The standard InChI is InChI=1S/C17H14N4O2/c1-2-17(19-20-18)15(22)13-10-6-7-11-14(13)21(16(17)23)12-8-4-3-5-9-12/h3-11H,2H2,1H3/t17-/m1/s1. The van der Waals surface area contributed by atoms with Crippen LogP contribution in [0.4, 0.5) is 11.4 Å². The van der Waals surface area contributed by atoms with Crippen LogP contribution in [0.1, 0.15) is 23.7 Å². The first-order chi connectivity index (χ1) is 11.2. The van der Waals surface area contributed by atoms with Crippen LogP contribution in [0.15, 0.2) is 59.7 Å². The first-order valence-corrected chi connectivity index (χ1v) is 7.25. The van der Waals surface area contributed by atoms with E-state index in [-0.39, 0.29) is 6.42 Å². The van der Waals surface area contributed by atoms with Crippen molar-refractivity contribution in [3.05, 3.63) is 70.6 Å². The van der Waals surface area contributed by atoms with Crippen molar-refractivity contribution in [3.63, 3.8) is 0 Å². The van der Waals surface area contributed by atoms with Crippen molar-refractivity contribution in [2.45, 2.75) is 18.9 Å². The Labute approximate surface area is 133 Å². The Morgan fingerprint density at radius 1 is 1.09 bits per heavy atom. The largest absolute Gasteiger partial charge is 0.293 e. The van der Waals surface area contributed by atoms with E-state index in [1.807, 2.05) is 18.2 Å². The number of hydrogen-bond acceptors (Lipinski definition) is 3. The molecule has 1 atom stereocenters.